The Bertz CT molecular complexity index is 502. The van der Waals surface area contributed by atoms with Crippen molar-refractivity contribution < 1.29 is 4.74 Å². The van der Waals surface area contributed by atoms with Crippen molar-refractivity contribution in [2.75, 3.05) is 17.9 Å². The van der Waals surface area contributed by atoms with E-state index < -0.39 is 0 Å². The largest absolute Gasteiger partial charge is 0.490 e. The highest BCUT2D eigenvalue weighted by molar-refractivity contribution is 7.07. The minimum atomic E-state index is 0.130. The zero-order chi connectivity index (χ0) is 13.0. The summed E-state index contributed by atoms with van der Waals surface area (Å²) in [5.74, 6) is 6.94. The van der Waals surface area contributed by atoms with Crippen molar-refractivity contribution in [2.24, 2.45) is 5.84 Å². The minimum Gasteiger partial charge on any atom is -0.490 e. The third kappa shape index (κ3) is 2.52. The molecule has 0 aliphatic carbocycles. The molecule has 2 aromatic rings. The van der Waals surface area contributed by atoms with E-state index in [4.69, 9.17) is 10.6 Å². The lowest BCUT2D eigenvalue weighted by Gasteiger charge is -2.16. The first-order valence-corrected chi connectivity index (χ1v) is 6.34. The van der Waals surface area contributed by atoms with Crippen LogP contribution in [0.5, 0.6) is 5.75 Å². The molecule has 0 amide bonds. The Morgan fingerprint density at radius 2 is 2.17 bits per heavy atom. The Labute approximate surface area is 109 Å². The molecule has 0 spiro atoms. The summed E-state index contributed by atoms with van der Waals surface area (Å²) in [6.07, 6.45) is 1.43. The quantitative estimate of drug-likeness (QED) is 0.566. The zero-order valence-electron chi connectivity index (χ0n) is 10.2. The number of nitrogen functional groups attached to an aromatic ring is 1. The predicted molar refractivity (Wildman–Crippen MR) is 72.8 cm³/mol. The molecular weight excluding hydrogens is 250 g/mol. The second-order valence-corrected chi connectivity index (χ2v) is 4.45. The molecule has 0 aliphatic heterocycles. The lowest BCUT2D eigenvalue weighted by Crippen LogP contribution is -2.13. The fourth-order valence-corrected chi connectivity index (χ4v) is 2.34. The SMILES string of the molecule is COc1c(NN)ncnc1NC(C)c1ccsc1. The third-order valence-electron chi connectivity index (χ3n) is 2.54. The number of hydrogen-bond acceptors (Lipinski definition) is 7. The highest BCUT2D eigenvalue weighted by Crippen LogP contribution is 2.31. The minimum absolute atomic E-state index is 0.130. The number of methoxy groups -OCH3 is 1. The number of nitrogens with one attached hydrogen (secondary N) is 2. The van der Waals surface area contributed by atoms with Crippen molar-refractivity contribution in [1.29, 1.82) is 0 Å². The number of rotatable bonds is 5. The lowest BCUT2D eigenvalue weighted by molar-refractivity contribution is 0.414. The molecule has 2 aromatic heterocycles. The van der Waals surface area contributed by atoms with Gasteiger partial charge in [-0.05, 0) is 29.3 Å². The average Bonchev–Trinajstić information content (AvgIpc) is 2.92. The third-order valence-corrected chi connectivity index (χ3v) is 3.24. The van der Waals surface area contributed by atoms with Gasteiger partial charge in [0.2, 0.25) is 5.75 Å². The van der Waals surface area contributed by atoms with Crippen LogP contribution in [0.25, 0.3) is 0 Å². The summed E-state index contributed by atoms with van der Waals surface area (Å²) < 4.78 is 5.26. The van der Waals surface area contributed by atoms with E-state index in [1.165, 1.54) is 11.9 Å². The summed E-state index contributed by atoms with van der Waals surface area (Å²) in [5, 5.41) is 7.40. The molecule has 7 heteroatoms. The number of anilines is 2. The number of nitrogens with two attached hydrogens (primary N) is 1. The van der Waals surface area contributed by atoms with Crippen LogP contribution >= 0.6 is 11.3 Å². The molecule has 2 rings (SSSR count). The highest BCUT2D eigenvalue weighted by atomic mass is 32.1. The molecule has 1 unspecified atom stereocenters. The fourth-order valence-electron chi connectivity index (χ4n) is 1.58. The van der Waals surface area contributed by atoms with Crippen molar-refractivity contribution in [3.63, 3.8) is 0 Å². The standard InChI is InChI=1S/C11H15N5OS/c1-7(8-3-4-18-5-8)15-10-9(17-2)11(16-12)14-6-13-10/h3-7H,12H2,1-2H3,(H2,13,14,15,16). The summed E-state index contributed by atoms with van der Waals surface area (Å²) >= 11 is 1.66. The van der Waals surface area contributed by atoms with Gasteiger partial charge in [0, 0.05) is 0 Å². The molecule has 6 nitrogen and oxygen atoms in total. The van der Waals surface area contributed by atoms with E-state index in [1.807, 2.05) is 5.38 Å². The number of thiophene rings is 1. The summed E-state index contributed by atoms with van der Waals surface area (Å²) in [6, 6.07) is 2.20. The van der Waals surface area contributed by atoms with Crippen LogP contribution in [-0.4, -0.2) is 17.1 Å². The van der Waals surface area contributed by atoms with E-state index in [9.17, 15) is 0 Å². The van der Waals surface area contributed by atoms with Gasteiger partial charge >= 0.3 is 0 Å². The number of nitrogens with zero attached hydrogens (tertiary/aromatic N) is 2. The van der Waals surface area contributed by atoms with Gasteiger partial charge in [-0.3, -0.25) is 0 Å². The number of hydrazine groups is 1. The van der Waals surface area contributed by atoms with E-state index in [0.717, 1.165) is 0 Å². The summed E-state index contributed by atoms with van der Waals surface area (Å²) in [5.41, 5.74) is 3.68. The number of hydrogen-bond donors (Lipinski definition) is 3. The maximum absolute atomic E-state index is 5.37. The summed E-state index contributed by atoms with van der Waals surface area (Å²) in [4.78, 5) is 8.16. The summed E-state index contributed by atoms with van der Waals surface area (Å²) in [7, 11) is 1.56. The van der Waals surface area contributed by atoms with Gasteiger partial charge < -0.3 is 15.5 Å². The van der Waals surface area contributed by atoms with Crippen LogP contribution < -0.4 is 21.3 Å². The van der Waals surface area contributed by atoms with Crippen molar-refractivity contribution in [3.8, 4) is 5.75 Å². The van der Waals surface area contributed by atoms with Crippen LogP contribution in [0, 0.1) is 0 Å². The van der Waals surface area contributed by atoms with Crippen LogP contribution in [0.2, 0.25) is 0 Å². The molecule has 4 N–H and O–H groups in total. The van der Waals surface area contributed by atoms with E-state index in [0.29, 0.717) is 17.4 Å². The number of ether oxygens (including phenoxy) is 1. The molecule has 0 aromatic carbocycles. The molecule has 2 heterocycles. The Balaban J connectivity index is 2.23. The van der Waals surface area contributed by atoms with Crippen LogP contribution in [0.1, 0.15) is 18.5 Å². The van der Waals surface area contributed by atoms with Crippen LogP contribution in [-0.2, 0) is 0 Å². The predicted octanol–water partition coefficient (Wildman–Crippen LogP) is 2.01. The molecule has 0 saturated carbocycles. The van der Waals surface area contributed by atoms with Crippen LogP contribution in [0.15, 0.2) is 23.2 Å². The monoisotopic (exact) mass is 265 g/mol. The molecule has 0 fully saturated rings. The molecule has 0 bridgehead atoms. The van der Waals surface area contributed by atoms with E-state index in [1.54, 1.807) is 18.4 Å². The second kappa shape index (κ2) is 5.65. The first kappa shape index (κ1) is 12.6. The van der Waals surface area contributed by atoms with Gasteiger partial charge in [0.1, 0.15) is 6.33 Å². The van der Waals surface area contributed by atoms with E-state index >= 15 is 0 Å². The van der Waals surface area contributed by atoms with Gasteiger partial charge in [-0.25, -0.2) is 15.8 Å². The Hall–Kier alpha value is -1.86. The smallest absolute Gasteiger partial charge is 0.205 e. The topological polar surface area (TPSA) is 85.1 Å². The molecule has 0 aliphatic rings. The van der Waals surface area contributed by atoms with Crippen molar-refractivity contribution in [3.05, 3.63) is 28.7 Å². The zero-order valence-corrected chi connectivity index (χ0v) is 11.0. The van der Waals surface area contributed by atoms with Gasteiger partial charge in [0.25, 0.3) is 0 Å². The number of aromatic nitrogens is 2. The van der Waals surface area contributed by atoms with Gasteiger partial charge in [-0.1, -0.05) is 0 Å². The van der Waals surface area contributed by atoms with Crippen LogP contribution in [0.4, 0.5) is 11.6 Å². The van der Waals surface area contributed by atoms with Crippen molar-refractivity contribution in [1.82, 2.24) is 9.97 Å². The Morgan fingerprint density at radius 3 is 2.78 bits per heavy atom. The second-order valence-electron chi connectivity index (χ2n) is 3.67. The van der Waals surface area contributed by atoms with Crippen molar-refractivity contribution in [2.45, 2.75) is 13.0 Å². The van der Waals surface area contributed by atoms with Gasteiger partial charge in [-0.15, -0.1) is 0 Å². The average molecular weight is 265 g/mol. The fraction of sp³-hybridized carbons (Fsp3) is 0.273. The lowest BCUT2D eigenvalue weighted by atomic mass is 10.2. The highest BCUT2D eigenvalue weighted by Gasteiger charge is 2.14. The first-order valence-electron chi connectivity index (χ1n) is 5.40. The normalized spacial score (nSPS) is 11.9. The first-order chi connectivity index (χ1) is 8.76. The Morgan fingerprint density at radius 1 is 1.39 bits per heavy atom. The van der Waals surface area contributed by atoms with E-state index in [-0.39, 0.29) is 6.04 Å². The van der Waals surface area contributed by atoms with Gasteiger partial charge in [0.15, 0.2) is 11.6 Å². The van der Waals surface area contributed by atoms with E-state index in [2.05, 4.69) is 39.1 Å². The summed E-state index contributed by atoms with van der Waals surface area (Å²) in [6.45, 7) is 2.05. The molecular formula is C11H15N5OS. The van der Waals surface area contributed by atoms with Crippen LogP contribution in [0.3, 0.4) is 0 Å². The molecule has 96 valence electrons. The maximum atomic E-state index is 5.37. The van der Waals surface area contributed by atoms with Gasteiger partial charge in [-0.2, -0.15) is 11.3 Å². The molecule has 0 saturated heterocycles. The van der Waals surface area contributed by atoms with Gasteiger partial charge in [0.05, 0.1) is 13.2 Å². The Kier molecular flexibility index (Phi) is 3.96. The molecule has 0 radical (unpaired) electrons. The maximum Gasteiger partial charge on any atom is 0.205 e. The molecule has 18 heavy (non-hydrogen) atoms. The molecule has 1 atom stereocenters. The van der Waals surface area contributed by atoms with Crippen molar-refractivity contribution >= 4 is 23.0 Å².